The van der Waals surface area contributed by atoms with Crippen LogP contribution in [0.4, 0.5) is 0 Å². The summed E-state index contributed by atoms with van der Waals surface area (Å²) in [6, 6.07) is 13.0. The van der Waals surface area contributed by atoms with Crippen LogP contribution < -0.4 is 24.7 Å². The third-order valence-electron chi connectivity index (χ3n) is 4.97. The first-order valence-corrected chi connectivity index (χ1v) is 8.84. The molecule has 2 heterocycles. The zero-order valence-corrected chi connectivity index (χ0v) is 15.1. The van der Waals surface area contributed by atoms with E-state index >= 15 is 0 Å². The minimum Gasteiger partial charge on any atom is -0.497 e. The lowest BCUT2D eigenvalue weighted by Gasteiger charge is -2.17. The number of benzene rings is 2. The molecule has 0 radical (unpaired) electrons. The average Bonchev–Trinajstić information content (AvgIpc) is 3.32. The summed E-state index contributed by atoms with van der Waals surface area (Å²) < 4.78 is 21.4. The van der Waals surface area contributed by atoms with E-state index in [1.165, 1.54) is 0 Å². The molecule has 0 bridgehead atoms. The molecule has 0 aromatic heterocycles. The van der Waals surface area contributed by atoms with Crippen molar-refractivity contribution >= 4 is 5.91 Å². The lowest BCUT2D eigenvalue weighted by atomic mass is 9.95. The fourth-order valence-electron chi connectivity index (χ4n) is 3.44. The standard InChI is InChI=1S/C20H22N2O5/c1-24-14-4-2-13(3-5-14)16-9-22(10-17(16)21)20(23)11-25-15-6-7-18-19(8-15)27-12-26-18/h2-8,16-17H,9-12,21H2,1H3/t16-,17+/m0/s1. The summed E-state index contributed by atoms with van der Waals surface area (Å²) in [6.45, 7) is 1.26. The van der Waals surface area contributed by atoms with Crippen LogP contribution in [-0.2, 0) is 4.79 Å². The van der Waals surface area contributed by atoms with Crippen LogP contribution in [0.1, 0.15) is 11.5 Å². The van der Waals surface area contributed by atoms with Gasteiger partial charge < -0.3 is 29.6 Å². The second kappa shape index (κ2) is 7.36. The normalized spacial score (nSPS) is 20.6. The molecule has 1 amide bonds. The monoisotopic (exact) mass is 370 g/mol. The Morgan fingerprint density at radius 3 is 2.63 bits per heavy atom. The van der Waals surface area contributed by atoms with Crippen molar-refractivity contribution in [1.82, 2.24) is 4.90 Å². The van der Waals surface area contributed by atoms with E-state index in [4.69, 9.17) is 24.7 Å². The lowest BCUT2D eigenvalue weighted by Crippen LogP contribution is -2.35. The highest BCUT2D eigenvalue weighted by Crippen LogP contribution is 2.35. The fourth-order valence-corrected chi connectivity index (χ4v) is 3.44. The number of carbonyl (C=O) groups is 1. The SMILES string of the molecule is COc1ccc([C@@H]2CN(C(=O)COc3ccc4c(c3)OCO4)C[C@H]2N)cc1. The van der Waals surface area contributed by atoms with E-state index in [1.54, 1.807) is 30.2 Å². The number of rotatable bonds is 5. The number of nitrogens with zero attached hydrogens (tertiary/aromatic N) is 1. The van der Waals surface area contributed by atoms with Gasteiger partial charge in [-0.05, 0) is 29.8 Å². The molecule has 2 atom stereocenters. The molecule has 1 fully saturated rings. The third kappa shape index (κ3) is 3.64. The smallest absolute Gasteiger partial charge is 0.260 e. The van der Waals surface area contributed by atoms with Crippen molar-refractivity contribution in [1.29, 1.82) is 0 Å². The highest BCUT2D eigenvalue weighted by Gasteiger charge is 2.34. The van der Waals surface area contributed by atoms with Gasteiger partial charge in [0.15, 0.2) is 18.1 Å². The molecule has 7 heteroatoms. The highest BCUT2D eigenvalue weighted by molar-refractivity contribution is 5.78. The van der Waals surface area contributed by atoms with Crippen LogP contribution in [0.3, 0.4) is 0 Å². The van der Waals surface area contributed by atoms with E-state index in [0.717, 1.165) is 11.3 Å². The Kier molecular flexibility index (Phi) is 4.77. The van der Waals surface area contributed by atoms with Gasteiger partial charge in [0.05, 0.1) is 7.11 Å². The molecule has 1 saturated heterocycles. The van der Waals surface area contributed by atoms with Crippen molar-refractivity contribution in [2.24, 2.45) is 5.73 Å². The summed E-state index contributed by atoms with van der Waals surface area (Å²) in [5, 5.41) is 0. The van der Waals surface area contributed by atoms with Crippen LogP contribution in [0.15, 0.2) is 42.5 Å². The molecule has 4 rings (SSSR count). The maximum absolute atomic E-state index is 12.5. The number of carbonyl (C=O) groups excluding carboxylic acids is 1. The predicted octanol–water partition coefficient (Wildman–Crippen LogP) is 1.76. The minimum atomic E-state index is -0.104. The van der Waals surface area contributed by atoms with Crippen molar-refractivity contribution in [3.63, 3.8) is 0 Å². The summed E-state index contributed by atoms with van der Waals surface area (Å²) in [4.78, 5) is 14.3. The Hall–Kier alpha value is -2.93. The number of amides is 1. The molecule has 0 spiro atoms. The third-order valence-corrected chi connectivity index (χ3v) is 4.97. The maximum atomic E-state index is 12.5. The van der Waals surface area contributed by atoms with Gasteiger partial charge in [0.2, 0.25) is 6.79 Å². The zero-order valence-electron chi connectivity index (χ0n) is 15.1. The van der Waals surface area contributed by atoms with Crippen LogP contribution in [0.5, 0.6) is 23.0 Å². The Labute approximate surface area is 157 Å². The van der Waals surface area contributed by atoms with Crippen molar-refractivity contribution in [3.05, 3.63) is 48.0 Å². The maximum Gasteiger partial charge on any atom is 0.260 e. The van der Waals surface area contributed by atoms with Crippen molar-refractivity contribution < 1.29 is 23.7 Å². The number of hydrogen-bond donors (Lipinski definition) is 1. The summed E-state index contributed by atoms with van der Waals surface area (Å²) in [6.07, 6.45) is 0. The lowest BCUT2D eigenvalue weighted by molar-refractivity contribution is -0.132. The van der Waals surface area contributed by atoms with Crippen molar-refractivity contribution in [2.45, 2.75) is 12.0 Å². The summed E-state index contributed by atoms with van der Waals surface area (Å²) in [5.74, 6) is 2.70. The highest BCUT2D eigenvalue weighted by atomic mass is 16.7. The molecule has 2 aromatic carbocycles. The summed E-state index contributed by atoms with van der Waals surface area (Å²) in [5.41, 5.74) is 7.39. The number of ether oxygens (including phenoxy) is 4. The quantitative estimate of drug-likeness (QED) is 0.863. The number of methoxy groups -OCH3 is 1. The summed E-state index contributed by atoms with van der Waals surface area (Å²) >= 11 is 0. The topological polar surface area (TPSA) is 83.2 Å². The van der Waals surface area contributed by atoms with Crippen LogP contribution in [0.25, 0.3) is 0 Å². The molecule has 2 aromatic rings. The van der Waals surface area contributed by atoms with E-state index in [0.29, 0.717) is 30.3 Å². The molecule has 2 aliphatic rings. The van der Waals surface area contributed by atoms with Crippen LogP contribution >= 0.6 is 0 Å². The van der Waals surface area contributed by atoms with Gasteiger partial charge >= 0.3 is 0 Å². The molecular weight excluding hydrogens is 348 g/mol. The van der Waals surface area contributed by atoms with Crippen LogP contribution in [-0.4, -0.2) is 50.4 Å². The second-order valence-corrected chi connectivity index (χ2v) is 6.65. The molecule has 27 heavy (non-hydrogen) atoms. The number of fused-ring (bicyclic) bond motifs is 1. The Balaban J connectivity index is 1.35. The first-order chi connectivity index (χ1) is 13.1. The molecule has 7 nitrogen and oxygen atoms in total. The molecule has 2 N–H and O–H groups in total. The molecule has 142 valence electrons. The Bertz CT molecular complexity index is 824. The van der Waals surface area contributed by atoms with Crippen molar-refractivity contribution in [2.75, 3.05) is 33.6 Å². The largest absolute Gasteiger partial charge is 0.497 e. The molecule has 2 aliphatic heterocycles. The Morgan fingerprint density at radius 1 is 1.11 bits per heavy atom. The predicted molar refractivity (Wildman–Crippen MR) is 98.4 cm³/mol. The van der Waals surface area contributed by atoms with Gasteiger partial charge in [-0.2, -0.15) is 0 Å². The first-order valence-electron chi connectivity index (χ1n) is 8.84. The van der Waals surface area contributed by atoms with Gasteiger partial charge in [-0.15, -0.1) is 0 Å². The van der Waals surface area contributed by atoms with Crippen molar-refractivity contribution in [3.8, 4) is 23.0 Å². The van der Waals surface area contributed by atoms with E-state index in [9.17, 15) is 4.79 Å². The van der Waals surface area contributed by atoms with E-state index < -0.39 is 0 Å². The van der Waals surface area contributed by atoms with Gasteiger partial charge in [-0.3, -0.25) is 4.79 Å². The van der Waals surface area contributed by atoms with E-state index in [-0.39, 0.29) is 31.3 Å². The van der Waals surface area contributed by atoms with Crippen LogP contribution in [0, 0.1) is 0 Å². The Morgan fingerprint density at radius 2 is 1.85 bits per heavy atom. The average molecular weight is 370 g/mol. The molecule has 0 saturated carbocycles. The second-order valence-electron chi connectivity index (χ2n) is 6.65. The van der Waals surface area contributed by atoms with Gasteiger partial charge in [-0.1, -0.05) is 12.1 Å². The van der Waals surface area contributed by atoms with Gasteiger partial charge in [0.25, 0.3) is 5.91 Å². The van der Waals surface area contributed by atoms with Gasteiger partial charge in [-0.25, -0.2) is 0 Å². The summed E-state index contributed by atoms with van der Waals surface area (Å²) in [7, 11) is 1.64. The molecule has 0 aliphatic carbocycles. The number of likely N-dealkylation sites (tertiary alicyclic amines) is 1. The van der Waals surface area contributed by atoms with Crippen LogP contribution in [0.2, 0.25) is 0 Å². The first kappa shape index (κ1) is 17.5. The van der Waals surface area contributed by atoms with Gasteiger partial charge in [0.1, 0.15) is 11.5 Å². The number of hydrogen-bond acceptors (Lipinski definition) is 6. The minimum absolute atomic E-state index is 0.0400. The molecule has 0 unspecified atom stereocenters. The fraction of sp³-hybridized carbons (Fsp3) is 0.350. The van der Waals surface area contributed by atoms with Gasteiger partial charge in [0, 0.05) is 31.1 Å². The van der Waals surface area contributed by atoms with E-state index in [2.05, 4.69) is 0 Å². The number of nitrogens with two attached hydrogens (primary N) is 1. The molecular formula is C20H22N2O5. The zero-order chi connectivity index (χ0) is 18.8. The van der Waals surface area contributed by atoms with E-state index in [1.807, 2.05) is 24.3 Å².